The first kappa shape index (κ1) is 14.1. The second-order valence-corrected chi connectivity index (χ2v) is 4.26. The molecule has 0 N–H and O–H groups in total. The molecule has 0 aliphatic rings. The van der Waals surface area contributed by atoms with Gasteiger partial charge in [-0.3, -0.25) is 0 Å². The predicted octanol–water partition coefficient (Wildman–Crippen LogP) is 4.58. The Hall–Kier alpha value is -2.35. The van der Waals surface area contributed by atoms with Crippen LogP contribution in [0.4, 0.5) is 17.6 Å². The van der Waals surface area contributed by atoms with Gasteiger partial charge >= 0.3 is 6.18 Å². The lowest BCUT2D eigenvalue weighted by Gasteiger charge is -2.09. The minimum atomic E-state index is -4.45. The van der Waals surface area contributed by atoms with Crippen LogP contribution in [0.5, 0.6) is 0 Å². The summed E-state index contributed by atoms with van der Waals surface area (Å²) < 4.78 is 51.4. The molecule has 20 heavy (non-hydrogen) atoms. The van der Waals surface area contributed by atoms with Gasteiger partial charge < -0.3 is 0 Å². The van der Waals surface area contributed by atoms with Crippen molar-refractivity contribution in [3.8, 4) is 17.2 Å². The maximum absolute atomic E-state index is 13.4. The van der Waals surface area contributed by atoms with Gasteiger partial charge in [-0.1, -0.05) is 12.1 Å². The molecule has 5 heteroatoms. The summed E-state index contributed by atoms with van der Waals surface area (Å²) >= 11 is 0. The number of halogens is 4. The first-order chi connectivity index (χ1) is 9.40. The summed E-state index contributed by atoms with van der Waals surface area (Å²) in [5.41, 5.74) is 0.223. The van der Waals surface area contributed by atoms with E-state index in [1.54, 1.807) is 0 Å². The van der Waals surface area contributed by atoms with Crippen molar-refractivity contribution in [1.82, 2.24) is 0 Å². The van der Waals surface area contributed by atoms with E-state index in [1.165, 1.54) is 24.3 Å². The highest BCUT2D eigenvalue weighted by Gasteiger charge is 2.30. The third-order valence-corrected chi connectivity index (χ3v) is 2.76. The second kappa shape index (κ2) is 5.33. The van der Waals surface area contributed by atoms with Crippen molar-refractivity contribution >= 4 is 0 Å². The minimum Gasteiger partial charge on any atom is -0.207 e. The molecule has 0 unspecified atom stereocenters. The summed E-state index contributed by atoms with van der Waals surface area (Å²) in [7, 11) is 0. The molecule has 0 bridgehead atoms. The van der Waals surface area contributed by atoms with Gasteiger partial charge in [0.1, 0.15) is 5.82 Å². The highest BCUT2D eigenvalue weighted by atomic mass is 19.4. The molecule has 0 spiro atoms. The molecular weight excluding hydrogens is 270 g/mol. The normalized spacial score (nSPS) is 11.2. The van der Waals surface area contributed by atoms with Gasteiger partial charge in [-0.25, -0.2) is 4.39 Å². The van der Waals surface area contributed by atoms with Gasteiger partial charge in [-0.15, -0.1) is 0 Å². The smallest absolute Gasteiger partial charge is 0.207 e. The largest absolute Gasteiger partial charge is 0.416 e. The second-order valence-electron chi connectivity index (χ2n) is 4.26. The zero-order valence-corrected chi connectivity index (χ0v) is 10.2. The number of benzene rings is 2. The Morgan fingerprint density at radius 1 is 1.00 bits per heavy atom. The molecule has 0 atom stereocenters. The number of nitrogens with zero attached hydrogens (tertiary/aromatic N) is 1. The summed E-state index contributed by atoms with van der Waals surface area (Å²) in [6.07, 6.45) is -4.44. The van der Waals surface area contributed by atoms with Crippen LogP contribution in [-0.4, -0.2) is 0 Å². The van der Waals surface area contributed by atoms with E-state index >= 15 is 0 Å². The Kier molecular flexibility index (Phi) is 3.75. The molecule has 2 rings (SSSR count). The van der Waals surface area contributed by atoms with Gasteiger partial charge in [0, 0.05) is 0 Å². The van der Waals surface area contributed by atoms with Gasteiger partial charge in [-0.2, -0.15) is 18.4 Å². The molecule has 0 saturated heterocycles. The summed E-state index contributed by atoms with van der Waals surface area (Å²) in [6.45, 7) is 0. The molecule has 0 aliphatic heterocycles. The number of nitriles is 1. The SMILES string of the molecule is N#CCc1cc(F)cc(-c2cccc(C(F)(F)F)c2)c1. The van der Waals surface area contributed by atoms with Crippen molar-refractivity contribution in [2.75, 3.05) is 0 Å². The zero-order chi connectivity index (χ0) is 14.8. The van der Waals surface area contributed by atoms with Crippen LogP contribution < -0.4 is 0 Å². The van der Waals surface area contributed by atoms with Crippen molar-refractivity contribution in [2.24, 2.45) is 0 Å². The molecule has 0 aromatic heterocycles. The van der Waals surface area contributed by atoms with Gasteiger partial charge in [-0.05, 0) is 47.0 Å². The molecule has 2 aromatic rings. The maximum atomic E-state index is 13.4. The van der Waals surface area contributed by atoms with E-state index in [1.807, 2.05) is 6.07 Å². The van der Waals surface area contributed by atoms with Crippen LogP contribution in [0.25, 0.3) is 11.1 Å². The molecule has 0 aliphatic carbocycles. The summed E-state index contributed by atoms with van der Waals surface area (Å²) in [4.78, 5) is 0. The van der Waals surface area contributed by atoms with Gasteiger partial charge in [0.05, 0.1) is 18.1 Å². The van der Waals surface area contributed by atoms with Crippen LogP contribution in [0.1, 0.15) is 11.1 Å². The molecule has 0 saturated carbocycles. The van der Waals surface area contributed by atoms with E-state index in [9.17, 15) is 17.6 Å². The molecule has 0 radical (unpaired) electrons. The molecular formula is C15H9F4N. The van der Waals surface area contributed by atoms with E-state index in [2.05, 4.69) is 0 Å². The van der Waals surface area contributed by atoms with E-state index in [0.717, 1.165) is 18.2 Å². The number of hydrogen-bond donors (Lipinski definition) is 0. The van der Waals surface area contributed by atoms with E-state index in [-0.39, 0.29) is 12.0 Å². The van der Waals surface area contributed by atoms with Crippen LogP contribution >= 0.6 is 0 Å². The lowest BCUT2D eigenvalue weighted by atomic mass is 10.00. The van der Waals surface area contributed by atoms with Crippen molar-refractivity contribution < 1.29 is 17.6 Å². The highest BCUT2D eigenvalue weighted by molar-refractivity contribution is 5.65. The van der Waals surface area contributed by atoms with Gasteiger partial charge in [0.25, 0.3) is 0 Å². The van der Waals surface area contributed by atoms with Crippen LogP contribution in [0.15, 0.2) is 42.5 Å². The molecule has 102 valence electrons. The fourth-order valence-electron chi connectivity index (χ4n) is 1.89. The van der Waals surface area contributed by atoms with E-state index in [4.69, 9.17) is 5.26 Å². The van der Waals surface area contributed by atoms with Crippen LogP contribution in [-0.2, 0) is 12.6 Å². The standard InChI is InChI=1S/C15H9F4N/c16-14-7-10(4-5-20)6-12(9-14)11-2-1-3-13(8-11)15(17,18)19/h1-3,6-9H,4H2. The molecule has 0 heterocycles. The monoisotopic (exact) mass is 279 g/mol. The number of hydrogen-bond acceptors (Lipinski definition) is 1. The fraction of sp³-hybridized carbons (Fsp3) is 0.133. The van der Waals surface area contributed by atoms with Gasteiger partial charge in [0.2, 0.25) is 0 Å². The summed E-state index contributed by atoms with van der Waals surface area (Å²) in [5.74, 6) is -0.579. The Bertz CT molecular complexity index is 668. The molecule has 0 fully saturated rings. The molecule has 0 amide bonds. The minimum absolute atomic E-state index is 0.00369. The van der Waals surface area contributed by atoms with E-state index < -0.39 is 17.6 Å². The van der Waals surface area contributed by atoms with Crippen molar-refractivity contribution in [3.63, 3.8) is 0 Å². The summed E-state index contributed by atoms with van der Waals surface area (Å²) in [6, 6.07) is 10.4. The van der Waals surface area contributed by atoms with Gasteiger partial charge in [0.15, 0.2) is 0 Å². The first-order valence-electron chi connectivity index (χ1n) is 5.74. The fourth-order valence-corrected chi connectivity index (χ4v) is 1.89. The van der Waals surface area contributed by atoms with Crippen LogP contribution in [0.3, 0.4) is 0 Å². The quantitative estimate of drug-likeness (QED) is 0.738. The maximum Gasteiger partial charge on any atom is 0.416 e. The third kappa shape index (κ3) is 3.15. The van der Waals surface area contributed by atoms with Crippen molar-refractivity contribution in [2.45, 2.75) is 12.6 Å². The van der Waals surface area contributed by atoms with Crippen molar-refractivity contribution in [3.05, 3.63) is 59.4 Å². The predicted molar refractivity (Wildman–Crippen MR) is 66.2 cm³/mol. The summed E-state index contributed by atoms with van der Waals surface area (Å²) in [5, 5.41) is 8.60. The van der Waals surface area contributed by atoms with Crippen LogP contribution in [0.2, 0.25) is 0 Å². The Morgan fingerprint density at radius 2 is 1.75 bits per heavy atom. The number of rotatable bonds is 2. The Labute approximate surface area is 113 Å². The average Bonchev–Trinajstić information content (AvgIpc) is 2.37. The average molecular weight is 279 g/mol. The Morgan fingerprint density at radius 3 is 2.40 bits per heavy atom. The number of alkyl halides is 3. The molecule has 2 aromatic carbocycles. The molecule has 1 nitrogen and oxygen atoms in total. The zero-order valence-electron chi connectivity index (χ0n) is 10.2. The van der Waals surface area contributed by atoms with Crippen LogP contribution in [0, 0.1) is 17.1 Å². The highest BCUT2D eigenvalue weighted by Crippen LogP contribution is 2.32. The lowest BCUT2D eigenvalue weighted by Crippen LogP contribution is -2.04. The lowest BCUT2D eigenvalue weighted by molar-refractivity contribution is -0.137. The topological polar surface area (TPSA) is 23.8 Å². The van der Waals surface area contributed by atoms with E-state index in [0.29, 0.717) is 11.1 Å². The van der Waals surface area contributed by atoms with Crippen molar-refractivity contribution in [1.29, 1.82) is 5.26 Å². The first-order valence-corrected chi connectivity index (χ1v) is 5.74. The third-order valence-electron chi connectivity index (χ3n) is 2.76. The Balaban J connectivity index is 2.49.